The standard InChI is InChI=1S/C16H12F4NO/c17-15(18)13-6-4-11(5-7-13)9-21-22-10-12-2-1-3-14(8-12)16(19)20/h1-8,15-16H,10H2. The minimum absolute atomic E-state index is 0.0165. The second-order valence-corrected chi connectivity index (χ2v) is 4.44. The fourth-order valence-electron chi connectivity index (χ4n) is 1.71. The van der Waals surface area contributed by atoms with Crippen LogP contribution in [-0.4, -0.2) is 6.21 Å². The fraction of sp³-hybridized carbons (Fsp3) is 0.188. The van der Waals surface area contributed by atoms with Gasteiger partial charge in [0.2, 0.25) is 0 Å². The van der Waals surface area contributed by atoms with Crippen LogP contribution in [0.2, 0.25) is 0 Å². The summed E-state index contributed by atoms with van der Waals surface area (Å²) in [5.41, 5.74) is 0.856. The molecule has 0 N–H and O–H groups in total. The number of hydrogen-bond donors (Lipinski definition) is 0. The summed E-state index contributed by atoms with van der Waals surface area (Å²) in [4.78, 5) is 4.96. The van der Waals surface area contributed by atoms with Crippen LogP contribution in [0.3, 0.4) is 0 Å². The average Bonchev–Trinajstić information content (AvgIpc) is 2.52. The molecular formula is C16H12F4NO. The third-order valence-electron chi connectivity index (χ3n) is 2.84. The first kappa shape index (κ1) is 16.0. The van der Waals surface area contributed by atoms with Crippen LogP contribution in [0.15, 0.2) is 53.7 Å². The number of nitrogens with zero attached hydrogens (tertiary/aromatic N) is 1. The monoisotopic (exact) mass is 310 g/mol. The van der Waals surface area contributed by atoms with Gasteiger partial charge in [0.1, 0.15) is 12.8 Å². The first-order valence-corrected chi connectivity index (χ1v) is 6.39. The summed E-state index contributed by atoms with van der Waals surface area (Å²) in [6.07, 6.45) is -2.53. The van der Waals surface area contributed by atoms with Crippen molar-refractivity contribution in [1.29, 1.82) is 0 Å². The predicted molar refractivity (Wildman–Crippen MR) is 74.1 cm³/mol. The second-order valence-electron chi connectivity index (χ2n) is 4.44. The summed E-state index contributed by atoms with van der Waals surface area (Å²) in [5, 5.41) is 3.56. The molecule has 1 radical (unpaired) electrons. The molecule has 0 heterocycles. The fourth-order valence-corrected chi connectivity index (χ4v) is 1.71. The second kappa shape index (κ2) is 7.59. The molecule has 2 nitrogen and oxygen atoms in total. The molecule has 0 unspecified atom stereocenters. The van der Waals surface area contributed by atoms with E-state index in [1.165, 1.54) is 42.5 Å². The van der Waals surface area contributed by atoms with Crippen molar-refractivity contribution in [3.05, 3.63) is 70.8 Å². The lowest BCUT2D eigenvalue weighted by molar-refractivity contribution is 0.130. The summed E-state index contributed by atoms with van der Waals surface area (Å²) < 4.78 is 49.8. The molecule has 0 aliphatic rings. The predicted octanol–water partition coefficient (Wildman–Crippen LogP) is 4.99. The molecule has 2 rings (SSSR count). The van der Waals surface area contributed by atoms with E-state index in [1.54, 1.807) is 6.07 Å². The Labute approximate surface area is 125 Å². The third kappa shape index (κ3) is 4.58. The van der Waals surface area contributed by atoms with Crippen molar-refractivity contribution in [3.8, 4) is 0 Å². The molecule has 0 aromatic heterocycles. The highest BCUT2D eigenvalue weighted by atomic mass is 19.3. The van der Waals surface area contributed by atoms with Crippen molar-refractivity contribution in [2.24, 2.45) is 5.16 Å². The molecule has 0 saturated carbocycles. The smallest absolute Gasteiger partial charge is 0.263 e. The summed E-state index contributed by atoms with van der Waals surface area (Å²) >= 11 is 0. The maximum atomic E-state index is 12.5. The highest BCUT2D eigenvalue weighted by Gasteiger charge is 2.07. The van der Waals surface area contributed by atoms with Gasteiger partial charge in [0.05, 0.1) is 0 Å². The van der Waals surface area contributed by atoms with E-state index in [1.807, 2.05) is 0 Å². The Bertz CT molecular complexity index is 626. The Hall–Kier alpha value is -2.37. The van der Waals surface area contributed by atoms with Crippen LogP contribution in [-0.2, 0) is 11.4 Å². The van der Waals surface area contributed by atoms with Gasteiger partial charge in [-0.15, -0.1) is 0 Å². The van der Waals surface area contributed by atoms with Gasteiger partial charge in [-0.1, -0.05) is 47.6 Å². The average molecular weight is 310 g/mol. The zero-order valence-electron chi connectivity index (χ0n) is 11.3. The van der Waals surface area contributed by atoms with Crippen molar-refractivity contribution in [3.63, 3.8) is 0 Å². The lowest BCUT2D eigenvalue weighted by Crippen LogP contribution is -1.91. The van der Waals surface area contributed by atoms with Gasteiger partial charge in [-0.2, -0.15) is 0 Å². The zero-order chi connectivity index (χ0) is 15.9. The Balaban J connectivity index is 1.89. The molecular weight excluding hydrogens is 298 g/mol. The SMILES string of the molecule is FC(F)c1ccc(/[C]=N\OCc2cccc(C(F)F)c2)cc1. The van der Waals surface area contributed by atoms with Gasteiger partial charge < -0.3 is 4.84 Å². The Kier molecular flexibility index (Phi) is 5.52. The summed E-state index contributed by atoms with van der Waals surface area (Å²) in [6.45, 7) is 0.0165. The normalized spacial score (nSPS) is 11.5. The molecule has 0 bridgehead atoms. The van der Waals surface area contributed by atoms with Crippen LogP contribution in [0.5, 0.6) is 0 Å². The quantitative estimate of drug-likeness (QED) is 0.418. The number of alkyl halides is 4. The van der Waals surface area contributed by atoms with E-state index in [2.05, 4.69) is 11.4 Å². The van der Waals surface area contributed by atoms with E-state index < -0.39 is 12.9 Å². The van der Waals surface area contributed by atoms with Crippen LogP contribution < -0.4 is 0 Å². The Morgan fingerprint density at radius 1 is 0.909 bits per heavy atom. The molecule has 0 atom stereocenters. The van der Waals surface area contributed by atoms with Crippen molar-refractivity contribution in [2.75, 3.05) is 0 Å². The van der Waals surface area contributed by atoms with Gasteiger partial charge in [-0.3, -0.25) is 0 Å². The summed E-state index contributed by atoms with van der Waals surface area (Å²) in [5.74, 6) is 0. The molecule has 22 heavy (non-hydrogen) atoms. The van der Waals surface area contributed by atoms with E-state index in [4.69, 9.17) is 4.84 Å². The molecule has 0 fully saturated rings. The highest BCUT2D eigenvalue weighted by molar-refractivity contribution is 5.79. The topological polar surface area (TPSA) is 21.6 Å². The van der Waals surface area contributed by atoms with Crippen LogP contribution >= 0.6 is 0 Å². The van der Waals surface area contributed by atoms with Crippen LogP contribution in [0, 0.1) is 0 Å². The van der Waals surface area contributed by atoms with Crippen LogP contribution in [0.4, 0.5) is 17.6 Å². The minimum Gasteiger partial charge on any atom is -0.390 e. The van der Waals surface area contributed by atoms with Gasteiger partial charge in [-0.05, 0) is 11.6 Å². The number of hydrogen-bond acceptors (Lipinski definition) is 2. The van der Waals surface area contributed by atoms with Crippen molar-refractivity contribution in [1.82, 2.24) is 0 Å². The van der Waals surface area contributed by atoms with Crippen molar-refractivity contribution < 1.29 is 22.4 Å². The van der Waals surface area contributed by atoms with Crippen LogP contribution in [0.1, 0.15) is 35.1 Å². The largest absolute Gasteiger partial charge is 0.390 e. The molecule has 0 aliphatic heterocycles. The van der Waals surface area contributed by atoms with Gasteiger partial charge in [-0.25, -0.2) is 17.6 Å². The zero-order valence-corrected chi connectivity index (χ0v) is 11.3. The first-order chi connectivity index (χ1) is 10.6. The van der Waals surface area contributed by atoms with Gasteiger partial charge >= 0.3 is 0 Å². The minimum atomic E-state index is -2.54. The maximum Gasteiger partial charge on any atom is 0.263 e. The molecule has 0 saturated heterocycles. The lowest BCUT2D eigenvalue weighted by atomic mass is 10.1. The number of benzene rings is 2. The van der Waals surface area contributed by atoms with Crippen LogP contribution in [0.25, 0.3) is 0 Å². The Morgan fingerprint density at radius 2 is 1.59 bits per heavy atom. The maximum absolute atomic E-state index is 12.5. The van der Waals surface area contributed by atoms with Gasteiger partial charge in [0.15, 0.2) is 0 Å². The van der Waals surface area contributed by atoms with Gasteiger partial charge in [0, 0.05) is 16.7 Å². The molecule has 2 aromatic carbocycles. The van der Waals surface area contributed by atoms with Crippen molar-refractivity contribution in [2.45, 2.75) is 19.5 Å². The van der Waals surface area contributed by atoms with E-state index in [0.717, 1.165) is 0 Å². The molecule has 0 spiro atoms. The van der Waals surface area contributed by atoms with E-state index in [9.17, 15) is 17.6 Å². The lowest BCUT2D eigenvalue weighted by Gasteiger charge is -2.03. The van der Waals surface area contributed by atoms with Crippen molar-refractivity contribution >= 4 is 6.21 Å². The first-order valence-electron chi connectivity index (χ1n) is 6.39. The molecule has 2 aromatic rings. The molecule has 0 amide bonds. The molecule has 0 aliphatic carbocycles. The highest BCUT2D eigenvalue weighted by Crippen LogP contribution is 2.20. The third-order valence-corrected chi connectivity index (χ3v) is 2.84. The van der Waals surface area contributed by atoms with Gasteiger partial charge in [0.25, 0.3) is 12.9 Å². The number of halogens is 4. The number of rotatable bonds is 6. The summed E-state index contributed by atoms with van der Waals surface area (Å²) in [7, 11) is 0. The van der Waals surface area contributed by atoms with E-state index >= 15 is 0 Å². The molecule has 6 heteroatoms. The van der Waals surface area contributed by atoms with E-state index in [0.29, 0.717) is 11.1 Å². The van der Waals surface area contributed by atoms with E-state index in [-0.39, 0.29) is 17.7 Å². The Morgan fingerprint density at radius 3 is 2.23 bits per heavy atom. The molecule has 115 valence electrons. The summed E-state index contributed by atoms with van der Waals surface area (Å²) in [6, 6.07) is 11.2.